The van der Waals surface area contributed by atoms with E-state index in [9.17, 15) is 23.1 Å². The van der Waals surface area contributed by atoms with Crippen LogP contribution in [0.2, 0.25) is 0 Å². The fourth-order valence-electron chi connectivity index (χ4n) is 2.72. The fourth-order valence-corrected chi connectivity index (χ4v) is 2.72. The summed E-state index contributed by atoms with van der Waals surface area (Å²) in [4.78, 5) is 10.7. The number of halogens is 3. The fraction of sp³-hybridized carbons (Fsp3) is 0.526. The van der Waals surface area contributed by atoms with Gasteiger partial charge in [0.1, 0.15) is 18.0 Å². The first kappa shape index (κ1) is 20.1. The van der Waals surface area contributed by atoms with E-state index >= 15 is 0 Å². The van der Waals surface area contributed by atoms with E-state index in [0.717, 1.165) is 25.7 Å². The zero-order valence-corrected chi connectivity index (χ0v) is 14.4. The quantitative estimate of drug-likeness (QED) is 0.487. The van der Waals surface area contributed by atoms with E-state index in [1.807, 2.05) is 0 Å². The first-order valence-corrected chi connectivity index (χ1v) is 8.62. The summed E-state index contributed by atoms with van der Waals surface area (Å²) < 4.78 is 41.5. The van der Waals surface area contributed by atoms with E-state index in [0.29, 0.717) is 24.2 Å². The third-order valence-electron chi connectivity index (χ3n) is 4.12. The van der Waals surface area contributed by atoms with Crippen molar-refractivity contribution >= 4 is 5.91 Å². The van der Waals surface area contributed by atoms with Gasteiger partial charge in [-0.3, -0.25) is 4.79 Å². The van der Waals surface area contributed by atoms with Crippen molar-refractivity contribution in [2.45, 2.75) is 50.3 Å². The molecule has 0 bridgehead atoms. The zero-order chi connectivity index (χ0) is 19.0. The van der Waals surface area contributed by atoms with E-state index in [4.69, 9.17) is 4.74 Å². The summed E-state index contributed by atoms with van der Waals surface area (Å²) in [5.41, 5.74) is -0.311. The maximum atomic E-state index is 12.1. The van der Waals surface area contributed by atoms with Gasteiger partial charge in [0.2, 0.25) is 0 Å². The van der Waals surface area contributed by atoms with Gasteiger partial charge in [-0.2, -0.15) is 13.2 Å². The second-order valence-corrected chi connectivity index (χ2v) is 6.33. The topological polar surface area (TPSA) is 58.6 Å². The summed E-state index contributed by atoms with van der Waals surface area (Å²) in [5, 5.41) is 12.3. The second-order valence-electron chi connectivity index (χ2n) is 6.33. The van der Waals surface area contributed by atoms with Gasteiger partial charge in [-0.1, -0.05) is 30.7 Å². The van der Waals surface area contributed by atoms with Gasteiger partial charge in [-0.15, -0.1) is 0 Å². The third-order valence-corrected chi connectivity index (χ3v) is 4.12. The zero-order valence-electron chi connectivity index (χ0n) is 14.4. The highest BCUT2D eigenvalue weighted by Crippen LogP contribution is 2.26. The van der Waals surface area contributed by atoms with Crippen LogP contribution in [0.1, 0.15) is 44.1 Å². The molecule has 0 spiro atoms. The number of hydrogen-bond acceptors (Lipinski definition) is 3. The Bertz CT molecular complexity index is 669. The lowest BCUT2D eigenvalue weighted by Gasteiger charge is -2.19. The highest BCUT2D eigenvalue weighted by Gasteiger charge is 2.38. The molecule has 7 heteroatoms. The normalized spacial score (nSPS) is 16.8. The molecule has 1 aromatic rings. The number of ether oxygens (including phenoxy) is 1. The van der Waals surface area contributed by atoms with Crippen LogP contribution in [0.3, 0.4) is 0 Å². The Morgan fingerprint density at radius 2 is 1.92 bits per heavy atom. The predicted molar refractivity (Wildman–Crippen MR) is 90.5 cm³/mol. The third kappa shape index (κ3) is 6.60. The molecule has 0 unspecified atom stereocenters. The molecule has 4 nitrogen and oxygen atoms in total. The maximum absolute atomic E-state index is 12.1. The summed E-state index contributed by atoms with van der Waals surface area (Å²) in [6, 6.07) is 6.78. The first-order chi connectivity index (χ1) is 12.3. The molecule has 0 aromatic heterocycles. The molecule has 142 valence electrons. The number of hydrogen-bond donors (Lipinski definition) is 2. The summed E-state index contributed by atoms with van der Waals surface area (Å²) >= 11 is 0. The van der Waals surface area contributed by atoms with E-state index in [1.165, 1.54) is 0 Å². The molecule has 1 saturated carbocycles. The Hall–Kier alpha value is -2.20. The molecule has 0 aliphatic heterocycles. The molecule has 0 radical (unpaired) electrons. The van der Waals surface area contributed by atoms with Crippen LogP contribution in [0.15, 0.2) is 24.3 Å². The number of alkyl halides is 3. The van der Waals surface area contributed by atoms with Gasteiger partial charge in [0, 0.05) is 5.56 Å². The lowest BCUT2D eigenvalue weighted by Crippen LogP contribution is -2.38. The van der Waals surface area contributed by atoms with Crippen molar-refractivity contribution in [1.82, 2.24) is 5.32 Å². The molecule has 0 saturated heterocycles. The molecule has 1 aromatic carbocycles. The molecule has 1 aliphatic rings. The highest BCUT2D eigenvalue weighted by molar-refractivity contribution is 5.81. The summed E-state index contributed by atoms with van der Waals surface area (Å²) in [5.74, 6) is 4.35. The Kier molecular flexibility index (Phi) is 6.92. The van der Waals surface area contributed by atoms with Crippen molar-refractivity contribution in [1.29, 1.82) is 0 Å². The van der Waals surface area contributed by atoms with Crippen molar-refractivity contribution in [2.24, 2.45) is 0 Å². The van der Waals surface area contributed by atoms with Crippen LogP contribution < -0.4 is 10.1 Å². The van der Waals surface area contributed by atoms with Crippen LogP contribution in [0.25, 0.3) is 0 Å². The van der Waals surface area contributed by atoms with E-state index in [-0.39, 0.29) is 13.2 Å². The molecule has 1 fully saturated rings. The van der Waals surface area contributed by atoms with Gasteiger partial charge in [0.25, 0.3) is 0 Å². The van der Waals surface area contributed by atoms with Crippen LogP contribution in [0, 0.1) is 11.8 Å². The SMILES string of the molecule is O=C(NCCOc1cccc(C#CC2(O)CCCCCC2)c1)C(F)(F)F. The van der Waals surface area contributed by atoms with Crippen LogP contribution in [-0.2, 0) is 4.79 Å². The van der Waals surface area contributed by atoms with E-state index in [2.05, 4.69) is 11.8 Å². The van der Waals surface area contributed by atoms with Crippen molar-refractivity contribution in [2.75, 3.05) is 13.2 Å². The van der Waals surface area contributed by atoms with Crippen LogP contribution >= 0.6 is 0 Å². The smallest absolute Gasteiger partial charge is 0.471 e. The highest BCUT2D eigenvalue weighted by atomic mass is 19.4. The second kappa shape index (κ2) is 8.95. The van der Waals surface area contributed by atoms with Gasteiger partial charge in [-0.25, -0.2) is 0 Å². The predicted octanol–water partition coefficient (Wildman–Crippen LogP) is 3.18. The van der Waals surface area contributed by atoms with E-state index in [1.54, 1.807) is 29.6 Å². The Morgan fingerprint density at radius 3 is 2.58 bits per heavy atom. The Morgan fingerprint density at radius 1 is 1.23 bits per heavy atom. The van der Waals surface area contributed by atoms with Crippen LogP contribution in [-0.4, -0.2) is 35.9 Å². The minimum atomic E-state index is -4.90. The van der Waals surface area contributed by atoms with Crippen molar-refractivity contribution in [3.05, 3.63) is 29.8 Å². The molecular weight excluding hydrogens is 347 g/mol. The van der Waals surface area contributed by atoms with Gasteiger partial charge >= 0.3 is 12.1 Å². The van der Waals surface area contributed by atoms with Gasteiger partial charge in [0.15, 0.2) is 0 Å². The first-order valence-electron chi connectivity index (χ1n) is 8.62. The Balaban J connectivity index is 1.88. The van der Waals surface area contributed by atoms with Crippen LogP contribution in [0.5, 0.6) is 5.75 Å². The lowest BCUT2D eigenvalue weighted by molar-refractivity contribution is -0.173. The van der Waals surface area contributed by atoms with Crippen molar-refractivity contribution in [3.8, 4) is 17.6 Å². The lowest BCUT2D eigenvalue weighted by atomic mass is 9.95. The minimum Gasteiger partial charge on any atom is -0.492 e. The number of carbonyl (C=O) groups is 1. The Labute approximate surface area is 150 Å². The maximum Gasteiger partial charge on any atom is 0.471 e. The van der Waals surface area contributed by atoms with Crippen LogP contribution in [0.4, 0.5) is 13.2 Å². The average molecular weight is 369 g/mol. The van der Waals surface area contributed by atoms with E-state index < -0.39 is 17.7 Å². The monoisotopic (exact) mass is 369 g/mol. The molecule has 1 aliphatic carbocycles. The minimum absolute atomic E-state index is 0.0946. The van der Waals surface area contributed by atoms with Crippen molar-refractivity contribution in [3.63, 3.8) is 0 Å². The molecule has 2 rings (SSSR count). The molecular formula is C19H22F3NO3. The molecule has 0 atom stereocenters. The molecule has 26 heavy (non-hydrogen) atoms. The number of rotatable bonds is 4. The van der Waals surface area contributed by atoms with Gasteiger partial charge in [-0.05, 0) is 43.9 Å². The van der Waals surface area contributed by atoms with Crippen molar-refractivity contribution < 1.29 is 27.8 Å². The molecule has 1 amide bonds. The number of amides is 1. The number of nitrogens with one attached hydrogen (secondary N) is 1. The molecule has 0 heterocycles. The van der Waals surface area contributed by atoms with Gasteiger partial charge in [0.05, 0.1) is 6.54 Å². The molecule has 2 N–H and O–H groups in total. The largest absolute Gasteiger partial charge is 0.492 e. The summed E-state index contributed by atoms with van der Waals surface area (Å²) in [7, 11) is 0. The summed E-state index contributed by atoms with van der Waals surface area (Å²) in [6.45, 7) is -0.351. The standard InChI is InChI=1S/C19H22F3NO3/c20-19(21,22)17(24)23-12-13-26-16-7-5-6-15(14-16)8-11-18(25)9-3-1-2-4-10-18/h5-7,14,25H,1-4,9-10,12-13H2,(H,23,24). The summed E-state index contributed by atoms with van der Waals surface area (Å²) in [6.07, 6.45) is 0.560. The van der Waals surface area contributed by atoms with Gasteiger partial charge < -0.3 is 15.2 Å². The average Bonchev–Trinajstić information content (AvgIpc) is 2.81. The number of benzene rings is 1. The number of carbonyl (C=O) groups excluding carboxylic acids is 1. The number of aliphatic hydroxyl groups is 1.